The van der Waals surface area contributed by atoms with Crippen LogP contribution in [-0.4, -0.2) is 6.72 Å². The SMILES string of the molecule is C=Nc1ccccc1/C(C)=C\C.CC. The van der Waals surface area contributed by atoms with Crippen molar-refractivity contribution in [3.63, 3.8) is 0 Å². The Bertz CT molecular complexity index is 311. The van der Waals surface area contributed by atoms with Gasteiger partial charge in [-0.05, 0) is 32.2 Å². The molecule has 1 aromatic rings. The Kier molecular flexibility index (Phi) is 6.38. The van der Waals surface area contributed by atoms with Crippen LogP contribution in [0, 0.1) is 0 Å². The summed E-state index contributed by atoms with van der Waals surface area (Å²) in [6.07, 6.45) is 2.07. The van der Waals surface area contributed by atoms with Crippen molar-refractivity contribution >= 4 is 18.0 Å². The third kappa shape index (κ3) is 3.17. The first-order valence-electron chi connectivity index (χ1n) is 4.98. The second-order valence-corrected chi connectivity index (χ2v) is 2.65. The van der Waals surface area contributed by atoms with Crippen LogP contribution in [0.3, 0.4) is 0 Å². The van der Waals surface area contributed by atoms with Gasteiger partial charge >= 0.3 is 0 Å². The van der Waals surface area contributed by atoms with E-state index < -0.39 is 0 Å². The number of rotatable bonds is 2. The summed E-state index contributed by atoms with van der Waals surface area (Å²) in [6, 6.07) is 8.00. The van der Waals surface area contributed by atoms with E-state index in [9.17, 15) is 0 Å². The smallest absolute Gasteiger partial charge is 0.0697 e. The monoisotopic (exact) mass is 189 g/mol. The summed E-state index contributed by atoms with van der Waals surface area (Å²) in [6.45, 7) is 11.6. The Morgan fingerprint density at radius 1 is 1.29 bits per heavy atom. The molecule has 0 radical (unpaired) electrons. The molecule has 0 bridgehead atoms. The third-order valence-corrected chi connectivity index (χ3v) is 1.93. The van der Waals surface area contributed by atoms with Crippen molar-refractivity contribution in [1.82, 2.24) is 0 Å². The van der Waals surface area contributed by atoms with Crippen molar-refractivity contribution < 1.29 is 0 Å². The van der Waals surface area contributed by atoms with Gasteiger partial charge in [0.25, 0.3) is 0 Å². The fraction of sp³-hybridized carbons (Fsp3) is 0.308. The number of benzene rings is 1. The molecule has 0 amide bonds. The molecule has 14 heavy (non-hydrogen) atoms. The van der Waals surface area contributed by atoms with Gasteiger partial charge < -0.3 is 0 Å². The first-order chi connectivity index (χ1) is 6.79. The molecule has 1 aromatic carbocycles. The number of nitrogens with zero attached hydrogens (tertiary/aromatic N) is 1. The Labute approximate surface area is 87.2 Å². The molecule has 0 N–H and O–H groups in total. The lowest BCUT2D eigenvalue weighted by atomic mass is 10.1. The van der Waals surface area contributed by atoms with Gasteiger partial charge in [0.05, 0.1) is 5.69 Å². The Morgan fingerprint density at radius 2 is 1.86 bits per heavy atom. The summed E-state index contributed by atoms with van der Waals surface area (Å²) >= 11 is 0. The second kappa shape index (κ2) is 7.07. The molecule has 0 saturated heterocycles. The maximum Gasteiger partial charge on any atom is 0.0697 e. The second-order valence-electron chi connectivity index (χ2n) is 2.65. The van der Waals surface area contributed by atoms with Crippen molar-refractivity contribution in [1.29, 1.82) is 0 Å². The predicted octanol–water partition coefficient (Wildman–Crippen LogP) is 4.47. The quantitative estimate of drug-likeness (QED) is 0.609. The van der Waals surface area contributed by atoms with Gasteiger partial charge in [-0.2, -0.15) is 0 Å². The molecule has 0 aromatic heterocycles. The Morgan fingerprint density at radius 3 is 2.36 bits per heavy atom. The summed E-state index contributed by atoms with van der Waals surface area (Å²) < 4.78 is 0. The number of aliphatic imine (C=N–C) groups is 1. The summed E-state index contributed by atoms with van der Waals surface area (Å²) in [5.74, 6) is 0. The van der Waals surface area contributed by atoms with Crippen LogP contribution in [0.4, 0.5) is 5.69 Å². The van der Waals surface area contributed by atoms with Gasteiger partial charge in [0.2, 0.25) is 0 Å². The van der Waals surface area contributed by atoms with Gasteiger partial charge in [-0.25, -0.2) is 0 Å². The van der Waals surface area contributed by atoms with Crippen molar-refractivity contribution in [3.8, 4) is 0 Å². The normalized spacial score (nSPS) is 10.1. The lowest BCUT2D eigenvalue weighted by Crippen LogP contribution is -1.78. The van der Waals surface area contributed by atoms with E-state index in [2.05, 4.69) is 30.8 Å². The first kappa shape index (κ1) is 12.6. The van der Waals surface area contributed by atoms with E-state index in [1.54, 1.807) is 0 Å². The van der Waals surface area contributed by atoms with Gasteiger partial charge in [-0.3, -0.25) is 4.99 Å². The van der Waals surface area contributed by atoms with Crippen LogP contribution in [-0.2, 0) is 0 Å². The minimum absolute atomic E-state index is 0.952. The molecule has 0 spiro atoms. The van der Waals surface area contributed by atoms with Crippen LogP contribution in [0.5, 0.6) is 0 Å². The molecule has 0 atom stereocenters. The lowest BCUT2D eigenvalue weighted by Gasteiger charge is -2.03. The third-order valence-electron chi connectivity index (χ3n) is 1.93. The molecule has 0 heterocycles. The molecule has 0 saturated carbocycles. The zero-order chi connectivity index (χ0) is 11.0. The molecule has 0 aliphatic heterocycles. The Hall–Kier alpha value is -1.37. The number of hydrogen-bond donors (Lipinski definition) is 0. The molecule has 0 aliphatic carbocycles. The predicted molar refractivity (Wildman–Crippen MR) is 66.3 cm³/mol. The number of allylic oxidation sites excluding steroid dienone is 2. The molecular formula is C13H19N. The standard InChI is InChI=1S/C11H13N.C2H6/c1-4-9(2)10-7-5-6-8-11(10)12-3;1-2/h4-8H,3H2,1-2H3;1-2H3/b9-4-;. The van der Waals surface area contributed by atoms with Gasteiger partial charge in [-0.1, -0.05) is 38.1 Å². The lowest BCUT2D eigenvalue weighted by molar-refractivity contribution is 1.47. The van der Waals surface area contributed by atoms with Crippen molar-refractivity contribution in [3.05, 3.63) is 35.9 Å². The fourth-order valence-corrected chi connectivity index (χ4v) is 1.10. The summed E-state index contributed by atoms with van der Waals surface area (Å²) in [5.41, 5.74) is 3.35. The maximum atomic E-state index is 3.95. The topological polar surface area (TPSA) is 12.4 Å². The van der Waals surface area contributed by atoms with E-state index in [-0.39, 0.29) is 0 Å². The van der Waals surface area contributed by atoms with Gasteiger partial charge in [-0.15, -0.1) is 0 Å². The number of para-hydroxylation sites is 1. The Balaban J connectivity index is 0.000000791. The molecule has 0 fully saturated rings. The average molecular weight is 189 g/mol. The van der Waals surface area contributed by atoms with E-state index in [1.807, 2.05) is 39.0 Å². The summed E-state index contributed by atoms with van der Waals surface area (Å²) in [4.78, 5) is 3.95. The van der Waals surface area contributed by atoms with Gasteiger partial charge in [0.1, 0.15) is 0 Å². The fourth-order valence-electron chi connectivity index (χ4n) is 1.10. The highest BCUT2D eigenvalue weighted by Gasteiger charge is 1.98. The zero-order valence-corrected chi connectivity index (χ0v) is 9.54. The zero-order valence-electron chi connectivity index (χ0n) is 9.54. The van der Waals surface area contributed by atoms with Crippen LogP contribution in [0.15, 0.2) is 35.3 Å². The van der Waals surface area contributed by atoms with Crippen LogP contribution in [0.1, 0.15) is 33.3 Å². The highest BCUT2D eigenvalue weighted by molar-refractivity contribution is 5.74. The van der Waals surface area contributed by atoms with E-state index in [0.29, 0.717) is 0 Å². The minimum atomic E-state index is 0.952. The highest BCUT2D eigenvalue weighted by Crippen LogP contribution is 2.24. The van der Waals surface area contributed by atoms with Crippen LogP contribution in [0.25, 0.3) is 5.57 Å². The van der Waals surface area contributed by atoms with Gasteiger partial charge in [0, 0.05) is 5.56 Å². The molecular weight excluding hydrogens is 170 g/mol. The molecule has 0 unspecified atom stereocenters. The highest BCUT2D eigenvalue weighted by atomic mass is 14.7. The van der Waals surface area contributed by atoms with E-state index in [0.717, 1.165) is 11.3 Å². The molecule has 76 valence electrons. The molecule has 1 rings (SSSR count). The van der Waals surface area contributed by atoms with Gasteiger partial charge in [0.15, 0.2) is 0 Å². The minimum Gasteiger partial charge on any atom is -0.264 e. The van der Waals surface area contributed by atoms with Crippen molar-refractivity contribution in [2.75, 3.05) is 0 Å². The van der Waals surface area contributed by atoms with E-state index >= 15 is 0 Å². The molecule has 0 aliphatic rings. The van der Waals surface area contributed by atoms with Crippen LogP contribution < -0.4 is 0 Å². The largest absolute Gasteiger partial charge is 0.264 e. The maximum absolute atomic E-state index is 3.95. The van der Waals surface area contributed by atoms with Crippen LogP contribution in [0.2, 0.25) is 0 Å². The van der Waals surface area contributed by atoms with E-state index in [1.165, 1.54) is 5.57 Å². The molecule has 1 heteroatoms. The molecule has 1 nitrogen and oxygen atoms in total. The first-order valence-corrected chi connectivity index (χ1v) is 4.98. The van der Waals surface area contributed by atoms with Crippen LogP contribution >= 0.6 is 0 Å². The number of hydrogen-bond acceptors (Lipinski definition) is 1. The van der Waals surface area contributed by atoms with Crippen molar-refractivity contribution in [2.45, 2.75) is 27.7 Å². The summed E-state index contributed by atoms with van der Waals surface area (Å²) in [5, 5.41) is 0. The van der Waals surface area contributed by atoms with Crippen molar-refractivity contribution in [2.24, 2.45) is 4.99 Å². The summed E-state index contributed by atoms with van der Waals surface area (Å²) in [7, 11) is 0. The average Bonchev–Trinajstić information content (AvgIpc) is 2.30. The van der Waals surface area contributed by atoms with E-state index in [4.69, 9.17) is 0 Å².